The smallest absolute Gasteiger partial charge is 0.274 e. The van der Waals surface area contributed by atoms with E-state index in [1.54, 1.807) is 7.11 Å². The number of nitrogens with zero attached hydrogens (tertiary/aromatic N) is 1. The summed E-state index contributed by atoms with van der Waals surface area (Å²) in [4.78, 5) is 28.0. The molecule has 2 N–H and O–H groups in total. The van der Waals surface area contributed by atoms with Crippen LogP contribution < -0.4 is 10.6 Å². The van der Waals surface area contributed by atoms with Gasteiger partial charge in [0.15, 0.2) is 0 Å². The molecule has 0 bridgehead atoms. The van der Waals surface area contributed by atoms with Crippen LogP contribution in [0.4, 0.5) is 14.5 Å². The Kier molecular flexibility index (Phi) is 6.53. The fourth-order valence-corrected chi connectivity index (χ4v) is 1.99. The Balaban J connectivity index is 2.04. The minimum atomic E-state index is -0.902. The number of methoxy groups -OCH3 is 1. The first-order valence-electron chi connectivity index (χ1n) is 7.51. The zero-order valence-corrected chi connectivity index (χ0v) is 13.5. The van der Waals surface area contributed by atoms with Gasteiger partial charge in [-0.05, 0) is 30.7 Å². The number of benzene rings is 1. The van der Waals surface area contributed by atoms with Crippen LogP contribution in [0.1, 0.15) is 27.3 Å². The lowest BCUT2D eigenvalue weighted by atomic mass is 10.2. The molecule has 1 aromatic heterocycles. The quantitative estimate of drug-likeness (QED) is 0.752. The highest BCUT2D eigenvalue weighted by molar-refractivity contribution is 6.04. The Bertz CT molecular complexity index is 769. The van der Waals surface area contributed by atoms with Gasteiger partial charge in [-0.2, -0.15) is 0 Å². The number of halogens is 2. The number of ether oxygens (including phenoxy) is 1. The van der Waals surface area contributed by atoms with Gasteiger partial charge in [0.05, 0.1) is 5.69 Å². The number of hydrogen-bond donors (Lipinski definition) is 2. The molecule has 0 aliphatic carbocycles. The molecule has 0 aliphatic rings. The second-order valence-electron chi connectivity index (χ2n) is 5.11. The molecule has 1 aromatic carbocycles. The van der Waals surface area contributed by atoms with E-state index in [-0.39, 0.29) is 22.9 Å². The summed E-state index contributed by atoms with van der Waals surface area (Å²) < 4.78 is 31.4. The lowest BCUT2D eigenvalue weighted by Gasteiger charge is -2.08. The zero-order valence-electron chi connectivity index (χ0n) is 13.5. The van der Waals surface area contributed by atoms with E-state index in [1.165, 1.54) is 18.3 Å². The highest BCUT2D eigenvalue weighted by Gasteiger charge is 2.14. The van der Waals surface area contributed by atoms with Crippen LogP contribution in [-0.2, 0) is 4.74 Å². The normalized spacial score (nSPS) is 10.4. The van der Waals surface area contributed by atoms with Crippen LogP contribution in [0.15, 0.2) is 36.5 Å². The largest absolute Gasteiger partial charge is 0.385 e. The highest BCUT2D eigenvalue weighted by atomic mass is 19.1. The lowest BCUT2D eigenvalue weighted by molar-refractivity contribution is 0.0948. The number of carbonyl (C=O) groups excluding carboxylic acids is 2. The summed E-state index contributed by atoms with van der Waals surface area (Å²) >= 11 is 0. The summed E-state index contributed by atoms with van der Waals surface area (Å²) in [5.74, 6) is -2.72. The monoisotopic (exact) mass is 349 g/mol. The van der Waals surface area contributed by atoms with Crippen molar-refractivity contribution < 1.29 is 23.1 Å². The Hall–Kier alpha value is -2.87. The van der Waals surface area contributed by atoms with Gasteiger partial charge in [0.25, 0.3) is 11.8 Å². The van der Waals surface area contributed by atoms with Crippen LogP contribution >= 0.6 is 0 Å². The molecule has 0 atom stereocenters. The number of amides is 2. The number of pyridine rings is 1. The SMILES string of the molecule is COCCCNC(=O)c1ccnc(C(=O)Nc2ccc(F)cc2F)c1. The van der Waals surface area contributed by atoms with Crippen LogP contribution in [0.3, 0.4) is 0 Å². The predicted octanol–water partition coefficient (Wildman–Crippen LogP) is 2.38. The van der Waals surface area contributed by atoms with E-state index in [0.717, 1.165) is 12.1 Å². The zero-order chi connectivity index (χ0) is 18.2. The van der Waals surface area contributed by atoms with Gasteiger partial charge in [-0.15, -0.1) is 0 Å². The number of rotatable bonds is 7. The summed E-state index contributed by atoms with van der Waals surface area (Å²) in [7, 11) is 1.57. The highest BCUT2D eigenvalue weighted by Crippen LogP contribution is 2.16. The molecule has 0 aliphatic heterocycles. The third kappa shape index (κ3) is 5.32. The summed E-state index contributed by atoms with van der Waals surface area (Å²) in [6.07, 6.45) is 1.96. The number of hydrogen-bond acceptors (Lipinski definition) is 4. The average molecular weight is 349 g/mol. The fourth-order valence-electron chi connectivity index (χ4n) is 1.99. The Labute approximate surface area is 143 Å². The van der Waals surface area contributed by atoms with Crippen molar-refractivity contribution in [2.75, 3.05) is 25.6 Å². The molecule has 0 fully saturated rings. The molecule has 0 unspecified atom stereocenters. The van der Waals surface area contributed by atoms with Crippen molar-refractivity contribution >= 4 is 17.5 Å². The van der Waals surface area contributed by atoms with Crippen molar-refractivity contribution in [3.05, 3.63) is 59.4 Å². The summed E-state index contributed by atoms with van der Waals surface area (Å²) in [6, 6.07) is 5.54. The van der Waals surface area contributed by atoms with E-state index in [9.17, 15) is 18.4 Å². The van der Waals surface area contributed by atoms with Crippen molar-refractivity contribution in [1.82, 2.24) is 10.3 Å². The summed E-state index contributed by atoms with van der Waals surface area (Å²) in [6.45, 7) is 0.949. The molecular formula is C17H17F2N3O3. The van der Waals surface area contributed by atoms with E-state index < -0.39 is 17.5 Å². The Morgan fingerprint density at radius 1 is 1.16 bits per heavy atom. The van der Waals surface area contributed by atoms with Crippen molar-refractivity contribution in [1.29, 1.82) is 0 Å². The third-order valence-electron chi connectivity index (χ3n) is 3.24. The molecule has 2 rings (SSSR count). The average Bonchev–Trinajstić information content (AvgIpc) is 2.61. The molecule has 0 saturated carbocycles. The minimum absolute atomic E-state index is 0.0618. The number of aromatic nitrogens is 1. The molecule has 1 heterocycles. The van der Waals surface area contributed by atoms with E-state index in [1.807, 2.05) is 0 Å². The molecule has 25 heavy (non-hydrogen) atoms. The molecule has 0 radical (unpaired) electrons. The molecule has 132 valence electrons. The first-order valence-corrected chi connectivity index (χ1v) is 7.51. The van der Waals surface area contributed by atoms with Crippen LogP contribution in [0.2, 0.25) is 0 Å². The van der Waals surface area contributed by atoms with Gasteiger partial charge < -0.3 is 15.4 Å². The van der Waals surface area contributed by atoms with E-state index in [4.69, 9.17) is 4.74 Å². The van der Waals surface area contributed by atoms with E-state index >= 15 is 0 Å². The van der Waals surface area contributed by atoms with Crippen molar-refractivity contribution in [2.24, 2.45) is 0 Å². The van der Waals surface area contributed by atoms with Crippen LogP contribution in [0, 0.1) is 11.6 Å². The van der Waals surface area contributed by atoms with Crippen LogP contribution in [0.25, 0.3) is 0 Å². The summed E-state index contributed by atoms with van der Waals surface area (Å²) in [5.41, 5.74) is 0.00744. The topological polar surface area (TPSA) is 80.3 Å². The van der Waals surface area contributed by atoms with Crippen LogP contribution in [-0.4, -0.2) is 37.1 Å². The first-order chi connectivity index (χ1) is 12.0. The molecular weight excluding hydrogens is 332 g/mol. The first kappa shape index (κ1) is 18.5. The molecule has 0 spiro atoms. The van der Waals surface area contributed by atoms with Gasteiger partial charge >= 0.3 is 0 Å². The molecule has 6 nitrogen and oxygen atoms in total. The Morgan fingerprint density at radius 3 is 2.68 bits per heavy atom. The van der Waals surface area contributed by atoms with Gasteiger partial charge in [0, 0.05) is 38.1 Å². The molecule has 0 saturated heterocycles. The second kappa shape index (κ2) is 8.84. The standard InChI is InChI=1S/C17H17F2N3O3/c1-25-8-2-6-21-16(23)11-5-7-20-15(9-11)17(24)22-14-4-3-12(18)10-13(14)19/h3-5,7,9-10H,2,6,8H2,1H3,(H,21,23)(H,22,24). The van der Waals surface area contributed by atoms with Gasteiger partial charge in [0.1, 0.15) is 17.3 Å². The maximum atomic E-state index is 13.6. The number of nitrogens with one attached hydrogen (secondary N) is 2. The third-order valence-corrected chi connectivity index (χ3v) is 3.24. The van der Waals surface area contributed by atoms with Crippen molar-refractivity contribution in [3.8, 4) is 0 Å². The van der Waals surface area contributed by atoms with Crippen molar-refractivity contribution in [2.45, 2.75) is 6.42 Å². The number of carbonyl (C=O) groups is 2. The van der Waals surface area contributed by atoms with Gasteiger partial charge in [0.2, 0.25) is 0 Å². The molecule has 2 amide bonds. The second-order valence-corrected chi connectivity index (χ2v) is 5.11. The van der Waals surface area contributed by atoms with Gasteiger partial charge in [-0.1, -0.05) is 0 Å². The van der Waals surface area contributed by atoms with Crippen LogP contribution in [0.5, 0.6) is 0 Å². The maximum absolute atomic E-state index is 13.6. The Morgan fingerprint density at radius 2 is 1.96 bits per heavy atom. The summed E-state index contributed by atoms with van der Waals surface area (Å²) in [5, 5.41) is 4.97. The number of anilines is 1. The van der Waals surface area contributed by atoms with Gasteiger partial charge in [-0.3, -0.25) is 14.6 Å². The minimum Gasteiger partial charge on any atom is -0.385 e. The molecule has 8 heteroatoms. The molecule has 2 aromatic rings. The maximum Gasteiger partial charge on any atom is 0.274 e. The predicted molar refractivity (Wildman–Crippen MR) is 87.4 cm³/mol. The van der Waals surface area contributed by atoms with E-state index in [0.29, 0.717) is 25.6 Å². The van der Waals surface area contributed by atoms with Gasteiger partial charge in [-0.25, -0.2) is 8.78 Å². The van der Waals surface area contributed by atoms with E-state index in [2.05, 4.69) is 15.6 Å². The van der Waals surface area contributed by atoms with Crippen molar-refractivity contribution in [3.63, 3.8) is 0 Å². The lowest BCUT2D eigenvalue weighted by Crippen LogP contribution is -2.26. The fraction of sp³-hybridized carbons (Fsp3) is 0.235.